The van der Waals surface area contributed by atoms with Crippen molar-refractivity contribution >= 4 is 11.7 Å². The summed E-state index contributed by atoms with van der Waals surface area (Å²) in [7, 11) is 0. The Morgan fingerprint density at radius 1 is 1.19 bits per heavy atom. The number of amides is 1. The first-order valence-electron chi connectivity index (χ1n) is 10.9. The van der Waals surface area contributed by atoms with Crippen LogP contribution in [0.5, 0.6) is 0 Å². The minimum atomic E-state index is -0.182. The van der Waals surface area contributed by atoms with E-state index in [2.05, 4.69) is 30.7 Å². The first-order valence-corrected chi connectivity index (χ1v) is 10.9. The summed E-state index contributed by atoms with van der Waals surface area (Å²) < 4.78 is 1.78. The molecule has 0 saturated carbocycles. The number of aromatic nitrogens is 3. The summed E-state index contributed by atoms with van der Waals surface area (Å²) in [5, 5.41) is 7.66. The summed E-state index contributed by atoms with van der Waals surface area (Å²) in [5.41, 5.74) is 3.82. The van der Waals surface area contributed by atoms with E-state index in [0.29, 0.717) is 30.8 Å². The number of nitrogens with one attached hydrogen (secondary N) is 1. The molecule has 1 aromatic carbocycles. The first-order chi connectivity index (χ1) is 15.4. The van der Waals surface area contributed by atoms with Crippen molar-refractivity contribution in [2.24, 2.45) is 5.41 Å². The van der Waals surface area contributed by atoms with Crippen molar-refractivity contribution in [2.75, 3.05) is 0 Å². The first kappa shape index (κ1) is 21.7. The van der Waals surface area contributed by atoms with Crippen molar-refractivity contribution in [3.8, 4) is 5.82 Å². The number of allylic oxidation sites excluding steroid dienone is 1. The van der Waals surface area contributed by atoms with Gasteiger partial charge in [-0.15, -0.1) is 6.58 Å². The summed E-state index contributed by atoms with van der Waals surface area (Å²) in [6.45, 7) is 8.44. The van der Waals surface area contributed by atoms with Gasteiger partial charge in [0.25, 0.3) is 5.91 Å². The largest absolute Gasteiger partial charge is 0.348 e. The Bertz CT molecular complexity index is 1140. The molecule has 3 aromatic rings. The fourth-order valence-corrected chi connectivity index (χ4v) is 4.16. The number of aryl methyl sites for hydroxylation is 1. The maximum atomic E-state index is 12.9. The smallest absolute Gasteiger partial charge is 0.253 e. The Morgan fingerprint density at radius 3 is 2.66 bits per heavy atom. The molecule has 6 heteroatoms. The van der Waals surface area contributed by atoms with E-state index in [0.717, 1.165) is 35.4 Å². The summed E-state index contributed by atoms with van der Waals surface area (Å²) in [6.07, 6.45) is 6.09. The van der Waals surface area contributed by atoms with Gasteiger partial charge in [0.1, 0.15) is 0 Å². The molecule has 0 fully saturated rings. The van der Waals surface area contributed by atoms with Crippen LogP contribution in [-0.4, -0.2) is 26.5 Å². The van der Waals surface area contributed by atoms with Crippen molar-refractivity contribution in [2.45, 2.75) is 46.1 Å². The van der Waals surface area contributed by atoms with Gasteiger partial charge >= 0.3 is 0 Å². The predicted molar refractivity (Wildman–Crippen MR) is 124 cm³/mol. The summed E-state index contributed by atoms with van der Waals surface area (Å²) in [5.74, 6) is 0.563. The van der Waals surface area contributed by atoms with Gasteiger partial charge in [-0.3, -0.25) is 9.59 Å². The zero-order chi connectivity index (χ0) is 22.7. The molecule has 0 spiro atoms. The fourth-order valence-electron chi connectivity index (χ4n) is 4.16. The zero-order valence-corrected chi connectivity index (χ0v) is 18.6. The molecule has 1 N–H and O–H groups in total. The molecule has 0 aliphatic heterocycles. The highest BCUT2D eigenvalue weighted by molar-refractivity contribution is 6.00. The number of carbonyl (C=O) groups is 2. The maximum absolute atomic E-state index is 12.9. The van der Waals surface area contributed by atoms with E-state index in [1.54, 1.807) is 23.0 Å². The van der Waals surface area contributed by atoms with E-state index >= 15 is 0 Å². The molecule has 2 aromatic heterocycles. The lowest BCUT2D eigenvalue weighted by Gasteiger charge is -2.29. The number of ketones is 1. The topological polar surface area (TPSA) is 76.9 Å². The Morgan fingerprint density at radius 2 is 1.97 bits per heavy atom. The molecule has 1 amide bonds. The molecule has 0 radical (unpaired) electrons. The van der Waals surface area contributed by atoms with Crippen molar-refractivity contribution in [1.29, 1.82) is 0 Å². The number of pyridine rings is 1. The Labute approximate surface area is 188 Å². The van der Waals surface area contributed by atoms with Gasteiger partial charge in [-0.2, -0.15) is 5.10 Å². The van der Waals surface area contributed by atoms with Crippen molar-refractivity contribution < 1.29 is 9.59 Å². The number of hydrogen-bond donors (Lipinski definition) is 1. The zero-order valence-electron chi connectivity index (χ0n) is 18.6. The molecule has 1 aliphatic carbocycles. The van der Waals surface area contributed by atoms with Gasteiger partial charge in [-0.05, 0) is 42.4 Å². The Balaban J connectivity index is 1.59. The second kappa shape index (κ2) is 8.91. The number of carbonyl (C=O) groups excluding carboxylic acids is 2. The SMILES string of the molecule is C=CCCc1nn(-c2ccc(C(=O)NCc3ccccc3)cn2)c2c1C(=O)CC(C)(C)C2. The summed E-state index contributed by atoms with van der Waals surface area (Å²) in [6, 6.07) is 13.3. The molecule has 0 bridgehead atoms. The summed E-state index contributed by atoms with van der Waals surface area (Å²) >= 11 is 0. The third-order valence-corrected chi connectivity index (χ3v) is 5.73. The highest BCUT2D eigenvalue weighted by Gasteiger charge is 2.36. The summed E-state index contributed by atoms with van der Waals surface area (Å²) in [4.78, 5) is 29.9. The van der Waals surface area contributed by atoms with Gasteiger partial charge in [0.2, 0.25) is 0 Å². The number of hydrogen-bond acceptors (Lipinski definition) is 4. The van der Waals surface area contributed by atoms with Crippen LogP contribution >= 0.6 is 0 Å². The number of fused-ring (bicyclic) bond motifs is 1. The second-order valence-electron chi connectivity index (χ2n) is 9.02. The van der Waals surface area contributed by atoms with E-state index < -0.39 is 0 Å². The van der Waals surface area contributed by atoms with Gasteiger partial charge in [-0.25, -0.2) is 9.67 Å². The van der Waals surface area contributed by atoms with E-state index in [1.165, 1.54) is 0 Å². The molecule has 164 valence electrons. The molecule has 2 heterocycles. The lowest BCUT2D eigenvalue weighted by Crippen LogP contribution is -2.28. The van der Waals surface area contributed by atoms with E-state index in [9.17, 15) is 9.59 Å². The molecule has 0 atom stereocenters. The molecule has 32 heavy (non-hydrogen) atoms. The lowest BCUT2D eigenvalue weighted by atomic mass is 9.75. The van der Waals surface area contributed by atoms with Crippen LogP contribution in [0, 0.1) is 5.41 Å². The molecule has 4 rings (SSSR count). The number of Topliss-reactive ketones (excluding diaryl/α,β-unsaturated/α-hetero) is 1. The van der Waals surface area contributed by atoms with E-state index in [-0.39, 0.29) is 17.1 Å². The van der Waals surface area contributed by atoms with Crippen molar-refractivity contribution in [3.05, 3.63) is 89.4 Å². The highest BCUT2D eigenvalue weighted by Crippen LogP contribution is 2.37. The monoisotopic (exact) mass is 428 g/mol. The lowest BCUT2D eigenvalue weighted by molar-refractivity contribution is 0.0908. The van der Waals surface area contributed by atoms with Gasteiger partial charge in [0.05, 0.1) is 22.5 Å². The van der Waals surface area contributed by atoms with Gasteiger partial charge in [-0.1, -0.05) is 50.3 Å². The van der Waals surface area contributed by atoms with E-state index in [1.807, 2.05) is 36.4 Å². The van der Waals surface area contributed by atoms with Crippen molar-refractivity contribution in [3.63, 3.8) is 0 Å². The van der Waals surface area contributed by atoms with Crippen molar-refractivity contribution in [1.82, 2.24) is 20.1 Å². The van der Waals surface area contributed by atoms with Gasteiger partial charge < -0.3 is 5.32 Å². The third-order valence-electron chi connectivity index (χ3n) is 5.73. The quantitative estimate of drug-likeness (QED) is 0.563. The third kappa shape index (κ3) is 4.54. The highest BCUT2D eigenvalue weighted by atomic mass is 16.1. The maximum Gasteiger partial charge on any atom is 0.253 e. The van der Waals surface area contributed by atoms with Gasteiger partial charge in [0.15, 0.2) is 11.6 Å². The minimum absolute atomic E-state index is 0.130. The number of rotatable bonds is 7. The van der Waals surface area contributed by atoms with Crippen LogP contribution < -0.4 is 5.32 Å². The molecule has 0 unspecified atom stereocenters. The van der Waals surface area contributed by atoms with E-state index in [4.69, 9.17) is 5.10 Å². The van der Waals surface area contributed by atoms with Crippen LogP contribution in [0.25, 0.3) is 5.82 Å². The molecule has 1 aliphatic rings. The van der Waals surface area contributed by atoms with Crippen LogP contribution in [0.1, 0.15) is 64.4 Å². The number of nitrogens with zero attached hydrogens (tertiary/aromatic N) is 3. The standard InChI is InChI=1S/C26H28N4O2/c1-4-5-11-20-24-21(14-26(2,3)15-22(24)31)30(29-20)23-13-12-19(17-27-23)25(32)28-16-18-9-7-6-8-10-18/h4,6-10,12-13,17H,1,5,11,14-16H2,2-3H3,(H,28,32). The van der Waals surface area contributed by atoms with Crippen LogP contribution in [-0.2, 0) is 19.4 Å². The Kier molecular flexibility index (Phi) is 6.04. The van der Waals surface area contributed by atoms with Crippen LogP contribution in [0.4, 0.5) is 0 Å². The average molecular weight is 429 g/mol. The fraction of sp³-hybridized carbons (Fsp3) is 0.308. The number of benzene rings is 1. The molecule has 0 saturated heterocycles. The molecule has 6 nitrogen and oxygen atoms in total. The second-order valence-corrected chi connectivity index (χ2v) is 9.02. The van der Waals surface area contributed by atoms with Crippen LogP contribution in [0.3, 0.4) is 0 Å². The normalized spacial score (nSPS) is 14.6. The molecular weight excluding hydrogens is 400 g/mol. The molecular formula is C26H28N4O2. The van der Waals surface area contributed by atoms with Crippen LogP contribution in [0.2, 0.25) is 0 Å². The van der Waals surface area contributed by atoms with Gasteiger partial charge in [0, 0.05) is 19.2 Å². The predicted octanol–water partition coefficient (Wildman–Crippen LogP) is 4.47. The Hall–Kier alpha value is -3.54. The average Bonchev–Trinajstić information content (AvgIpc) is 3.14. The minimum Gasteiger partial charge on any atom is -0.348 e. The van der Waals surface area contributed by atoms with Crippen LogP contribution in [0.15, 0.2) is 61.3 Å².